The van der Waals surface area contributed by atoms with E-state index < -0.39 is 30.3 Å². The molecule has 0 amide bonds. The average molecular weight is 629 g/mol. The maximum Gasteiger partial charge on any atom is 0.514 e. The van der Waals surface area contributed by atoms with E-state index >= 15 is 0 Å². The van der Waals surface area contributed by atoms with Gasteiger partial charge in [-0.1, -0.05) is 97.6 Å². The lowest BCUT2D eigenvalue weighted by Gasteiger charge is -2.12. The third kappa shape index (κ3) is 13.0. The highest BCUT2D eigenvalue weighted by molar-refractivity contribution is 5.75. The minimum absolute atomic E-state index is 0.0343. The summed E-state index contributed by atoms with van der Waals surface area (Å²) in [5.41, 5.74) is 2.99. The molecule has 240 valence electrons. The molecule has 0 heterocycles. The summed E-state index contributed by atoms with van der Waals surface area (Å²) in [4.78, 5) is 35.0. The number of aliphatic hydroxyl groups excluding tert-OH is 2. The first-order valence-electron chi connectivity index (χ1n) is 14.3. The van der Waals surface area contributed by atoms with E-state index in [4.69, 9.17) is 18.9 Å². The number of carbonyl (C=O) groups excluding carboxylic acids is 3. The first-order chi connectivity index (χ1) is 22.2. The second-order valence-corrected chi connectivity index (χ2v) is 9.90. The molecular weight excluding hydrogens is 592 g/mol. The first-order valence-corrected chi connectivity index (χ1v) is 14.3. The van der Waals surface area contributed by atoms with Crippen LogP contribution in [0, 0.1) is 0 Å². The summed E-state index contributed by atoms with van der Waals surface area (Å²) in [6.45, 7) is 3.71. The average Bonchev–Trinajstić information content (AvgIpc) is 3.06. The molecule has 0 saturated carbocycles. The van der Waals surface area contributed by atoms with E-state index in [1.807, 2.05) is 60.7 Å². The Morgan fingerprint density at radius 1 is 0.630 bits per heavy atom. The minimum atomic E-state index is -1.32. The van der Waals surface area contributed by atoms with Crippen LogP contribution in [0.3, 0.4) is 0 Å². The highest BCUT2D eigenvalue weighted by Gasteiger charge is 2.19. The molecule has 2 unspecified atom stereocenters. The molecule has 4 aromatic rings. The Morgan fingerprint density at radius 3 is 1.61 bits per heavy atom. The van der Waals surface area contributed by atoms with Gasteiger partial charge in [-0.05, 0) is 46.5 Å². The summed E-state index contributed by atoms with van der Waals surface area (Å²) in [7, 11) is 0. The van der Waals surface area contributed by atoms with Crippen LogP contribution in [-0.2, 0) is 49.9 Å². The molecule has 46 heavy (non-hydrogen) atoms. The van der Waals surface area contributed by atoms with Crippen LogP contribution >= 0.6 is 0 Å². The van der Waals surface area contributed by atoms with Gasteiger partial charge < -0.3 is 34.3 Å². The number of benzene rings is 4. The van der Waals surface area contributed by atoms with Gasteiger partial charge >= 0.3 is 18.1 Å². The first kappa shape index (κ1) is 35.0. The number of aliphatic hydroxyl groups is 2. The smallest absolute Gasteiger partial charge is 0.508 e. The van der Waals surface area contributed by atoms with Crippen LogP contribution < -0.4 is 4.74 Å². The lowest BCUT2D eigenvalue weighted by Crippen LogP contribution is -2.25. The molecule has 2 atom stereocenters. The van der Waals surface area contributed by atoms with Gasteiger partial charge in [0.1, 0.15) is 31.3 Å². The summed E-state index contributed by atoms with van der Waals surface area (Å²) >= 11 is 0. The highest BCUT2D eigenvalue weighted by Crippen LogP contribution is 2.17. The third-order valence-corrected chi connectivity index (χ3v) is 6.18. The van der Waals surface area contributed by atoms with Crippen molar-refractivity contribution in [3.8, 4) is 11.5 Å². The standard InChI is InChI=1S/C20H20O6.C16H16O4/c1-2-11-24-20(23)26-17-10-6-9-16(12-17)13-18(21)19(22)25-14-15-7-4-3-5-8-15;17-14-8-4-7-13(9-14)10-15(18)16(19)20-11-12-5-2-1-3-6-12/h2-10,12,18,21H,1,11,13-14H2;1-9,15,17-18H,10-11H2. The second-order valence-electron chi connectivity index (χ2n) is 9.90. The van der Waals surface area contributed by atoms with E-state index in [-0.39, 0.29) is 44.2 Å². The Bertz CT molecular complexity index is 1540. The van der Waals surface area contributed by atoms with Crippen LogP contribution in [0.5, 0.6) is 11.5 Å². The van der Waals surface area contributed by atoms with Gasteiger partial charge in [0.2, 0.25) is 0 Å². The number of hydrogen-bond acceptors (Lipinski definition) is 10. The van der Waals surface area contributed by atoms with Crippen LogP contribution in [0.15, 0.2) is 122 Å². The summed E-state index contributed by atoms with van der Waals surface area (Å²) in [5, 5.41) is 29.1. The molecule has 0 aliphatic carbocycles. The Labute approximate surface area is 267 Å². The number of hydrogen-bond donors (Lipinski definition) is 3. The van der Waals surface area contributed by atoms with Gasteiger partial charge in [-0.25, -0.2) is 14.4 Å². The van der Waals surface area contributed by atoms with Crippen LogP contribution in [0.1, 0.15) is 22.3 Å². The van der Waals surface area contributed by atoms with E-state index in [0.29, 0.717) is 11.1 Å². The van der Waals surface area contributed by atoms with Crippen LogP contribution in [-0.4, -0.2) is 52.2 Å². The van der Waals surface area contributed by atoms with Crippen molar-refractivity contribution >= 4 is 18.1 Å². The fraction of sp³-hybridized carbons (Fsp3) is 0.194. The quantitative estimate of drug-likeness (QED) is 0.0793. The number of aromatic hydroxyl groups is 1. The van der Waals surface area contributed by atoms with Gasteiger partial charge in [-0.3, -0.25) is 0 Å². The lowest BCUT2D eigenvalue weighted by atomic mass is 10.1. The molecule has 0 aromatic heterocycles. The number of carbonyl (C=O) groups is 3. The van der Waals surface area contributed by atoms with Gasteiger partial charge in [-0.15, -0.1) is 0 Å². The topological polar surface area (TPSA) is 149 Å². The zero-order valence-electron chi connectivity index (χ0n) is 25.1. The molecule has 10 heteroatoms. The molecule has 4 rings (SSSR count). The maximum atomic E-state index is 11.9. The molecule has 0 aliphatic rings. The van der Waals surface area contributed by atoms with Crippen LogP contribution in [0.4, 0.5) is 4.79 Å². The van der Waals surface area contributed by atoms with Gasteiger partial charge in [0, 0.05) is 12.8 Å². The maximum absolute atomic E-state index is 11.9. The van der Waals surface area contributed by atoms with E-state index in [9.17, 15) is 29.7 Å². The normalized spacial score (nSPS) is 11.5. The van der Waals surface area contributed by atoms with Crippen LogP contribution in [0.2, 0.25) is 0 Å². The Balaban J connectivity index is 0.000000259. The summed E-state index contributed by atoms with van der Waals surface area (Å²) < 4.78 is 19.9. The molecule has 0 saturated heterocycles. The van der Waals surface area contributed by atoms with Crippen molar-refractivity contribution in [1.29, 1.82) is 0 Å². The molecule has 0 fully saturated rings. The fourth-order valence-electron chi connectivity index (χ4n) is 3.94. The van der Waals surface area contributed by atoms with Crippen molar-refractivity contribution in [2.45, 2.75) is 38.3 Å². The lowest BCUT2D eigenvalue weighted by molar-refractivity contribution is -0.155. The van der Waals surface area contributed by atoms with Crippen molar-refractivity contribution in [1.82, 2.24) is 0 Å². The molecular formula is C36H36O10. The molecule has 0 aliphatic heterocycles. The predicted molar refractivity (Wildman–Crippen MR) is 169 cm³/mol. The molecule has 4 aromatic carbocycles. The largest absolute Gasteiger partial charge is 0.514 e. The van der Waals surface area contributed by atoms with E-state index in [1.54, 1.807) is 36.4 Å². The number of phenols is 1. The fourth-order valence-corrected chi connectivity index (χ4v) is 3.94. The van der Waals surface area contributed by atoms with E-state index in [0.717, 1.165) is 11.1 Å². The van der Waals surface area contributed by atoms with Crippen molar-refractivity contribution in [3.05, 3.63) is 144 Å². The summed E-state index contributed by atoms with van der Waals surface area (Å²) in [6.07, 6.45) is -1.84. The SMILES string of the molecule is C=CCOC(=O)Oc1cccc(CC(O)C(=O)OCc2ccccc2)c1.O=C(OCc1ccccc1)C(O)Cc1cccc(O)c1. The number of rotatable bonds is 13. The zero-order chi connectivity index (χ0) is 33.1. The Morgan fingerprint density at radius 2 is 1.11 bits per heavy atom. The molecule has 3 N–H and O–H groups in total. The number of phenolic OH excluding ortho intramolecular Hbond substituents is 1. The second kappa shape index (κ2) is 19.0. The molecule has 0 radical (unpaired) electrons. The highest BCUT2D eigenvalue weighted by atomic mass is 16.7. The van der Waals surface area contributed by atoms with Gasteiger partial charge in [0.05, 0.1) is 0 Å². The van der Waals surface area contributed by atoms with Crippen molar-refractivity contribution in [2.75, 3.05) is 6.61 Å². The predicted octanol–water partition coefficient (Wildman–Crippen LogP) is 5.07. The zero-order valence-corrected chi connectivity index (χ0v) is 25.1. The van der Waals surface area contributed by atoms with Crippen molar-refractivity contribution in [2.24, 2.45) is 0 Å². The molecule has 0 spiro atoms. The summed E-state index contributed by atoms with van der Waals surface area (Å²) in [6, 6.07) is 31.4. The van der Waals surface area contributed by atoms with Gasteiger partial charge in [0.15, 0.2) is 12.2 Å². The Kier molecular flexibility index (Phi) is 14.5. The van der Waals surface area contributed by atoms with E-state index in [2.05, 4.69) is 6.58 Å². The van der Waals surface area contributed by atoms with Crippen molar-refractivity contribution < 1.29 is 48.7 Å². The van der Waals surface area contributed by atoms with Gasteiger partial charge in [0.25, 0.3) is 0 Å². The number of esters is 2. The Hall–Kier alpha value is -5.45. The minimum Gasteiger partial charge on any atom is -0.508 e. The molecule has 0 bridgehead atoms. The van der Waals surface area contributed by atoms with E-state index in [1.165, 1.54) is 18.2 Å². The third-order valence-electron chi connectivity index (χ3n) is 6.18. The van der Waals surface area contributed by atoms with Crippen molar-refractivity contribution in [3.63, 3.8) is 0 Å². The number of ether oxygens (including phenoxy) is 4. The van der Waals surface area contributed by atoms with Crippen LogP contribution in [0.25, 0.3) is 0 Å². The summed E-state index contributed by atoms with van der Waals surface area (Å²) in [5.74, 6) is -1.03. The van der Waals surface area contributed by atoms with Gasteiger partial charge in [-0.2, -0.15) is 0 Å². The molecule has 10 nitrogen and oxygen atoms in total. The monoisotopic (exact) mass is 628 g/mol.